The average Bonchev–Trinajstić information content (AvgIpc) is 2.31. The summed E-state index contributed by atoms with van der Waals surface area (Å²) in [6.45, 7) is 0. The SMILES string of the molecule is O=C(O)c1c[nH]c(=O)n(-c2ccccc2F)c1=O. The van der Waals surface area contributed by atoms with Gasteiger partial charge in [-0.1, -0.05) is 12.1 Å². The van der Waals surface area contributed by atoms with Gasteiger partial charge in [0.25, 0.3) is 5.56 Å². The van der Waals surface area contributed by atoms with E-state index in [2.05, 4.69) is 4.98 Å². The molecule has 0 saturated carbocycles. The molecule has 1 heterocycles. The van der Waals surface area contributed by atoms with Gasteiger partial charge in [-0.05, 0) is 12.1 Å². The maximum absolute atomic E-state index is 13.5. The maximum atomic E-state index is 13.5. The fourth-order valence-electron chi connectivity index (χ4n) is 1.48. The van der Waals surface area contributed by atoms with Crippen LogP contribution in [0.3, 0.4) is 0 Å². The van der Waals surface area contributed by atoms with Gasteiger partial charge in [0.15, 0.2) is 0 Å². The predicted molar refractivity (Wildman–Crippen MR) is 59.6 cm³/mol. The molecule has 2 aromatic rings. The Morgan fingerprint density at radius 3 is 2.56 bits per heavy atom. The van der Waals surface area contributed by atoms with Crippen molar-refractivity contribution in [2.45, 2.75) is 0 Å². The minimum atomic E-state index is -1.50. The molecule has 0 unspecified atom stereocenters. The normalized spacial score (nSPS) is 10.3. The number of aromatic carboxylic acids is 1. The third-order valence-electron chi connectivity index (χ3n) is 2.30. The number of nitrogens with one attached hydrogen (secondary N) is 1. The van der Waals surface area contributed by atoms with E-state index in [0.29, 0.717) is 4.57 Å². The van der Waals surface area contributed by atoms with Crippen LogP contribution >= 0.6 is 0 Å². The number of halogens is 1. The summed E-state index contributed by atoms with van der Waals surface area (Å²) in [7, 11) is 0. The highest BCUT2D eigenvalue weighted by Gasteiger charge is 2.16. The summed E-state index contributed by atoms with van der Waals surface area (Å²) in [6.07, 6.45) is 0.782. The lowest BCUT2D eigenvalue weighted by atomic mass is 10.3. The second kappa shape index (κ2) is 4.28. The molecule has 1 aromatic carbocycles. The van der Waals surface area contributed by atoms with Gasteiger partial charge in [0.1, 0.15) is 11.4 Å². The van der Waals surface area contributed by atoms with Crippen molar-refractivity contribution in [3.8, 4) is 5.69 Å². The Morgan fingerprint density at radius 1 is 1.28 bits per heavy atom. The molecule has 0 atom stereocenters. The van der Waals surface area contributed by atoms with E-state index < -0.39 is 28.6 Å². The van der Waals surface area contributed by atoms with E-state index in [1.54, 1.807) is 0 Å². The van der Waals surface area contributed by atoms with Crippen LogP contribution in [0, 0.1) is 5.82 Å². The third kappa shape index (κ3) is 1.81. The van der Waals surface area contributed by atoms with E-state index in [0.717, 1.165) is 12.3 Å². The molecule has 0 bridgehead atoms. The molecular weight excluding hydrogens is 243 g/mol. The van der Waals surface area contributed by atoms with Gasteiger partial charge in [0, 0.05) is 6.20 Å². The van der Waals surface area contributed by atoms with Gasteiger partial charge in [0.2, 0.25) is 0 Å². The Hall–Kier alpha value is -2.70. The molecule has 0 amide bonds. The number of rotatable bonds is 2. The van der Waals surface area contributed by atoms with E-state index in [1.807, 2.05) is 0 Å². The van der Waals surface area contributed by atoms with E-state index in [4.69, 9.17) is 5.11 Å². The van der Waals surface area contributed by atoms with E-state index in [9.17, 15) is 18.8 Å². The predicted octanol–water partition coefficient (Wildman–Crippen LogP) is 0.363. The lowest BCUT2D eigenvalue weighted by molar-refractivity contribution is 0.0694. The number of hydrogen-bond acceptors (Lipinski definition) is 3. The van der Waals surface area contributed by atoms with Crippen molar-refractivity contribution >= 4 is 5.97 Å². The zero-order valence-electron chi connectivity index (χ0n) is 8.88. The average molecular weight is 250 g/mol. The number of nitrogens with zero attached hydrogens (tertiary/aromatic N) is 1. The summed E-state index contributed by atoms with van der Waals surface area (Å²) in [4.78, 5) is 36.1. The molecule has 0 fully saturated rings. The van der Waals surface area contributed by atoms with Gasteiger partial charge in [-0.3, -0.25) is 4.79 Å². The maximum Gasteiger partial charge on any atom is 0.342 e. The van der Waals surface area contributed by atoms with Crippen LogP contribution in [0.5, 0.6) is 0 Å². The summed E-state index contributed by atoms with van der Waals surface area (Å²) in [5, 5.41) is 8.77. The Labute approximate surface area is 98.9 Å². The monoisotopic (exact) mass is 250 g/mol. The van der Waals surface area contributed by atoms with Crippen LogP contribution in [0.1, 0.15) is 10.4 Å². The Morgan fingerprint density at radius 2 is 1.94 bits per heavy atom. The molecule has 6 nitrogen and oxygen atoms in total. The van der Waals surface area contributed by atoms with Crippen molar-refractivity contribution in [1.82, 2.24) is 9.55 Å². The smallest absolute Gasteiger partial charge is 0.342 e. The van der Waals surface area contributed by atoms with Crippen molar-refractivity contribution in [1.29, 1.82) is 0 Å². The quantitative estimate of drug-likeness (QED) is 0.805. The second-order valence-corrected chi connectivity index (χ2v) is 3.40. The van der Waals surface area contributed by atoms with Crippen LogP contribution in [0.2, 0.25) is 0 Å². The standard InChI is InChI=1S/C11H7FN2O4/c12-7-3-1-2-4-8(7)14-9(15)6(10(16)17)5-13-11(14)18/h1-5H,(H,13,18)(H,16,17). The van der Waals surface area contributed by atoms with Crippen LogP contribution < -0.4 is 11.2 Å². The number of H-pyrrole nitrogens is 1. The first-order valence-corrected chi connectivity index (χ1v) is 4.85. The Bertz CT molecular complexity index is 732. The number of hydrogen-bond donors (Lipinski definition) is 2. The molecule has 0 aliphatic carbocycles. The molecule has 0 aliphatic heterocycles. The molecule has 0 radical (unpaired) electrons. The lowest BCUT2D eigenvalue weighted by Crippen LogP contribution is -2.37. The van der Waals surface area contributed by atoms with Crippen LogP contribution in [0.15, 0.2) is 40.1 Å². The molecular formula is C11H7FN2O4. The van der Waals surface area contributed by atoms with Crippen molar-refractivity contribution in [3.05, 3.63) is 62.7 Å². The number of aromatic amines is 1. The molecule has 2 rings (SSSR count). The number of para-hydroxylation sites is 1. The minimum Gasteiger partial charge on any atom is -0.477 e. The molecule has 7 heteroatoms. The summed E-state index contributed by atoms with van der Waals surface area (Å²) in [5.74, 6) is -2.30. The summed E-state index contributed by atoms with van der Waals surface area (Å²) in [6, 6.07) is 5.09. The van der Waals surface area contributed by atoms with Gasteiger partial charge in [-0.15, -0.1) is 0 Å². The summed E-state index contributed by atoms with van der Waals surface area (Å²) in [5.41, 5.74) is -2.93. The molecule has 0 aliphatic rings. The highest BCUT2D eigenvalue weighted by atomic mass is 19.1. The first-order chi connectivity index (χ1) is 8.52. The summed E-state index contributed by atoms with van der Waals surface area (Å²) >= 11 is 0. The number of carboxylic acids is 1. The van der Waals surface area contributed by atoms with Crippen LogP contribution in [-0.4, -0.2) is 20.6 Å². The highest BCUT2D eigenvalue weighted by molar-refractivity contribution is 5.86. The van der Waals surface area contributed by atoms with E-state index >= 15 is 0 Å². The number of carbonyl (C=O) groups is 1. The zero-order valence-corrected chi connectivity index (χ0v) is 8.88. The molecule has 0 spiro atoms. The molecule has 92 valence electrons. The molecule has 18 heavy (non-hydrogen) atoms. The van der Waals surface area contributed by atoms with Crippen LogP contribution in [0.25, 0.3) is 5.69 Å². The zero-order chi connectivity index (χ0) is 13.3. The van der Waals surface area contributed by atoms with Crippen molar-refractivity contribution in [2.75, 3.05) is 0 Å². The van der Waals surface area contributed by atoms with E-state index in [-0.39, 0.29) is 5.69 Å². The van der Waals surface area contributed by atoms with Gasteiger partial charge in [-0.2, -0.15) is 0 Å². The fourth-order valence-corrected chi connectivity index (χ4v) is 1.48. The molecule has 0 saturated heterocycles. The molecule has 2 N–H and O–H groups in total. The Kier molecular flexibility index (Phi) is 2.80. The minimum absolute atomic E-state index is 0.299. The van der Waals surface area contributed by atoms with Crippen LogP contribution in [0.4, 0.5) is 4.39 Å². The van der Waals surface area contributed by atoms with E-state index in [1.165, 1.54) is 18.2 Å². The second-order valence-electron chi connectivity index (χ2n) is 3.40. The molecule has 1 aromatic heterocycles. The largest absolute Gasteiger partial charge is 0.477 e. The first-order valence-electron chi connectivity index (χ1n) is 4.85. The summed E-state index contributed by atoms with van der Waals surface area (Å²) < 4.78 is 14.0. The van der Waals surface area contributed by atoms with Gasteiger partial charge in [0.05, 0.1) is 5.69 Å². The van der Waals surface area contributed by atoms with Crippen molar-refractivity contribution in [2.24, 2.45) is 0 Å². The van der Waals surface area contributed by atoms with Gasteiger partial charge < -0.3 is 10.1 Å². The van der Waals surface area contributed by atoms with Crippen molar-refractivity contribution in [3.63, 3.8) is 0 Å². The van der Waals surface area contributed by atoms with Gasteiger partial charge in [-0.25, -0.2) is 18.5 Å². The van der Waals surface area contributed by atoms with Crippen molar-refractivity contribution < 1.29 is 14.3 Å². The van der Waals surface area contributed by atoms with Crippen LogP contribution in [-0.2, 0) is 0 Å². The third-order valence-corrected chi connectivity index (χ3v) is 2.30. The number of carboxylic acid groups (broad SMARTS) is 1. The topological polar surface area (TPSA) is 92.2 Å². The number of aromatic nitrogens is 2. The number of benzene rings is 1. The Balaban J connectivity index is 2.84. The fraction of sp³-hybridized carbons (Fsp3) is 0. The lowest BCUT2D eigenvalue weighted by Gasteiger charge is -2.05. The first kappa shape index (κ1) is 11.8. The van der Waals surface area contributed by atoms with Gasteiger partial charge >= 0.3 is 11.7 Å². The highest BCUT2D eigenvalue weighted by Crippen LogP contribution is 2.08.